The Hall–Kier alpha value is -1.73. The summed E-state index contributed by atoms with van der Waals surface area (Å²) in [5, 5.41) is 2.77. The number of anilines is 1. The summed E-state index contributed by atoms with van der Waals surface area (Å²) < 4.78 is 9.94. The summed E-state index contributed by atoms with van der Waals surface area (Å²) in [7, 11) is 1.28. The van der Waals surface area contributed by atoms with E-state index < -0.39 is 12.0 Å². The maximum Gasteiger partial charge on any atom is 0.323 e. The number of benzene rings is 1. The molecule has 0 saturated heterocycles. The van der Waals surface area contributed by atoms with E-state index in [1.165, 1.54) is 18.9 Å². The summed E-state index contributed by atoms with van der Waals surface area (Å²) in [5.41, 5.74) is 6.21. The molecule has 3 N–H and O–H groups in total. The van der Waals surface area contributed by atoms with Gasteiger partial charge < -0.3 is 20.5 Å². The van der Waals surface area contributed by atoms with Crippen LogP contribution in [0.2, 0.25) is 0 Å². The van der Waals surface area contributed by atoms with E-state index in [-0.39, 0.29) is 11.7 Å². The van der Waals surface area contributed by atoms with Gasteiger partial charge in [-0.2, -0.15) is 0 Å². The van der Waals surface area contributed by atoms with Crippen molar-refractivity contribution in [3.05, 3.63) is 24.3 Å². The molecule has 7 heteroatoms. The molecule has 0 fully saturated rings. The molecule has 1 aromatic rings. The second-order valence-electron chi connectivity index (χ2n) is 4.12. The molecule has 1 atom stereocenters. The molecule has 0 saturated carbocycles. The fourth-order valence-electron chi connectivity index (χ4n) is 1.54. The zero-order valence-corrected chi connectivity index (χ0v) is 12.9. The van der Waals surface area contributed by atoms with E-state index in [9.17, 15) is 9.59 Å². The summed E-state index contributed by atoms with van der Waals surface area (Å²) in [6, 6.07) is 6.50. The second kappa shape index (κ2) is 9.25. The molecule has 0 bridgehead atoms. The van der Waals surface area contributed by atoms with Crippen molar-refractivity contribution in [2.24, 2.45) is 5.73 Å². The Balaban J connectivity index is 2.42. The molecule has 0 aromatic heterocycles. The van der Waals surface area contributed by atoms with Crippen LogP contribution < -0.4 is 15.8 Å². The van der Waals surface area contributed by atoms with Gasteiger partial charge in [0.1, 0.15) is 11.8 Å². The van der Waals surface area contributed by atoms with Crippen molar-refractivity contribution in [2.75, 3.05) is 30.5 Å². The maximum absolute atomic E-state index is 11.8. The van der Waals surface area contributed by atoms with E-state index in [2.05, 4.69) is 10.1 Å². The zero-order chi connectivity index (χ0) is 15.7. The van der Waals surface area contributed by atoms with Crippen LogP contribution in [0.4, 0.5) is 5.69 Å². The minimum absolute atomic E-state index is 0.177. The number of ether oxygens (including phenoxy) is 2. The first-order chi connectivity index (χ1) is 10.1. The van der Waals surface area contributed by atoms with Gasteiger partial charge in [-0.25, -0.2) is 0 Å². The molecule has 1 rings (SSSR count). The number of rotatable bonds is 8. The quantitative estimate of drug-likeness (QED) is 0.702. The monoisotopic (exact) mass is 312 g/mol. The zero-order valence-electron chi connectivity index (χ0n) is 12.1. The van der Waals surface area contributed by atoms with Crippen LogP contribution in [-0.4, -0.2) is 43.1 Å². The molecule has 1 amide bonds. The second-order valence-corrected chi connectivity index (χ2v) is 5.15. The normalized spacial score (nSPS) is 11.6. The molecular formula is C14H20N2O4S. The van der Waals surface area contributed by atoms with Gasteiger partial charge in [0.05, 0.1) is 25.2 Å². The fourth-order valence-corrected chi connectivity index (χ4v) is 2.30. The van der Waals surface area contributed by atoms with Crippen LogP contribution in [0.5, 0.6) is 5.75 Å². The van der Waals surface area contributed by atoms with Crippen LogP contribution >= 0.6 is 11.8 Å². The molecule has 1 aromatic carbocycles. The molecule has 1 unspecified atom stereocenters. The predicted molar refractivity (Wildman–Crippen MR) is 83.6 cm³/mol. The Morgan fingerprint density at radius 2 is 2.10 bits per heavy atom. The summed E-state index contributed by atoms with van der Waals surface area (Å²) in [4.78, 5) is 23.0. The van der Waals surface area contributed by atoms with E-state index in [1.54, 1.807) is 12.1 Å². The highest BCUT2D eigenvalue weighted by molar-refractivity contribution is 8.00. The summed E-state index contributed by atoms with van der Waals surface area (Å²) in [6.45, 7) is 2.40. The molecule has 0 radical (unpaired) electrons. The first kappa shape index (κ1) is 17.3. The third-order valence-electron chi connectivity index (χ3n) is 2.50. The number of esters is 1. The molecule has 0 heterocycles. The number of methoxy groups -OCH3 is 1. The van der Waals surface area contributed by atoms with Gasteiger partial charge in [0.25, 0.3) is 0 Å². The largest absolute Gasteiger partial charge is 0.492 e. The number of hydrogen-bond donors (Lipinski definition) is 2. The maximum atomic E-state index is 11.8. The van der Waals surface area contributed by atoms with E-state index in [1.807, 2.05) is 19.1 Å². The summed E-state index contributed by atoms with van der Waals surface area (Å²) in [6.07, 6.45) is 0. The van der Waals surface area contributed by atoms with Crippen molar-refractivity contribution in [1.82, 2.24) is 0 Å². The van der Waals surface area contributed by atoms with Gasteiger partial charge >= 0.3 is 5.97 Å². The van der Waals surface area contributed by atoms with E-state index in [0.29, 0.717) is 23.8 Å². The van der Waals surface area contributed by atoms with Crippen LogP contribution in [0, 0.1) is 0 Å². The van der Waals surface area contributed by atoms with Crippen molar-refractivity contribution >= 4 is 29.3 Å². The van der Waals surface area contributed by atoms with E-state index in [4.69, 9.17) is 10.5 Å². The average Bonchev–Trinajstić information content (AvgIpc) is 2.48. The highest BCUT2D eigenvalue weighted by atomic mass is 32.2. The van der Waals surface area contributed by atoms with Gasteiger partial charge in [0.15, 0.2) is 0 Å². The van der Waals surface area contributed by atoms with Crippen molar-refractivity contribution in [3.8, 4) is 5.75 Å². The minimum Gasteiger partial charge on any atom is -0.492 e. The lowest BCUT2D eigenvalue weighted by Crippen LogP contribution is -2.34. The topological polar surface area (TPSA) is 90.6 Å². The predicted octanol–water partition coefficient (Wildman–Crippen LogP) is 1.26. The number of para-hydroxylation sites is 2. The molecule has 0 aliphatic carbocycles. The smallest absolute Gasteiger partial charge is 0.323 e. The third-order valence-corrected chi connectivity index (χ3v) is 3.56. The van der Waals surface area contributed by atoms with Crippen LogP contribution in [0.25, 0.3) is 0 Å². The van der Waals surface area contributed by atoms with Gasteiger partial charge in [-0.05, 0) is 19.1 Å². The van der Waals surface area contributed by atoms with E-state index in [0.717, 1.165) is 0 Å². The molecule has 0 aliphatic rings. The first-order valence-electron chi connectivity index (χ1n) is 6.51. The molecular weight excluding hydrogens is 292 g/mol. The van der Waals surface area contributed by atoms with Crippen LogP contribution in [0.15, 0.2) is 24.3 Å². The van der Waals surface area contributed by atoms with Gasteiger partial charge in [-0.1, -0.05) is 12.1 Å². The van der Waals surface area contributed by atoms with Crippen molar-refractivity contribution in [2.45, 2.75) is 13.0 Å². The van der Waals surface area contributed by atoms with Crippen molar-refractivity contribution < 1.29 is 19.1 Å². The van der Waals surface area contributed by atoms with Crippen LogP contribution in [0.3, 0.4) is 0 Å². The third kappa shape index (κ3) is 6.05. The van der Waals surface area contributed by atoms with Crippen molar-refractivity contribution in [1.29, 1.82) is 0 Å². The van der Waals surface area contributed by atoms with Crippen molar-refractivity contribution in [3.63, 3.8) is 0 Å². The minimum atomic E-state index is -0.719. The van der Waals surface area contributed by atoms with Gasteiger partial charge in [0.2, 0.25) is 5.91 Å². The molecule has 6 nitrogen and oxygen atoms in total. The lowest BCUT2D eigenvalue weighted by Gasteiger charge is -2.12. The Labute approximate surface area is 128 Å². The average molecular weight is 312 g/mol. The Bertz CT molecular complexity index is 482. The molecule has 116 valence electrons. The van der Waals surface area contributed by atoms with Gasteiger partial charge in [0, 0.05) is 5.75 Å². The number of amides is 1. The Morgan fingerprint density at radius 3 is 2.76 bits per heavy atom. The standard InChI is InChI=1S/C14H20N2O4S/c1-3-20-12-7-5-4-6-11(12)16-13(17)9-21-8-10(15)14(18)19-2/h4-7,10H,3,8-9,15H2,1-2H3,(H,16,17). The fraction of sp³-hybridized carbons (Fsp3) is 0.429. The SMILES string of the molecule is CCOc1ccccc1NC(=O)CSCC(N)C(=O)OC. The summed E-state index contributed by atoms with van der Waals surface area (Å²) in [5.74, 6) is 0.497. The number of thioether (sulfide) groups is 1. The summed E-state index contributed by atoms with van der Waals surface area (Å²) >= 11 is 1.27. The number of nitrogens with two attached hydrogens (primary N) is 1. The highest BCUT2D eigenvalue weighted by Crippen LogP contribution is 2.23. The number of hydrogen-bond acceptors (Lipinski definition) is 6. The molecule has 21 heavy (non-hydrogen) atoms. The number of carbonyl (C=O) groups excluding carboxylic acids is 2. The lowest BCUT2D eigenvalue weighted by molar-refractivity contribution is -0.141. The van der Waals surface area contributed by atoms with Crippen LogP contribution in [-0.2, 0) is 14.3 Å². The number of carbonyl (C=O) groups is 2. The highest BCUT2D eigenvalue weighted by Gasteiger charge is 2.14. The lowest BCUT2D eigenvalue weighted by atomic mass is 10.3. The first-order valence-corrected chi connectivity index (χ1v) is 7.66. The Kier molecular flexibility index (Phi) is 7.63. The van der Waals surface area contributed by atoms with Gasteiger partial charge in [-0.3, -0.25) is 9.59 Å². The van der Waals surface area contributed by atoms with Gasteiger partial charge in [-0.15, -0.1) is 11.8 Å². The molecule has 0 aliphatic heterocycles. The molecule has 0 spiro atoms. The van der Waals surface area contributed by atoms with Crippen LogP contribution in [0.1, 0.15) is 6.92 Å². The Morgan fingerprint density at radius 1 is 1.38 bits per heavy atom. The van der Waals surface area contributed by atoms with E-state index >= 15 is 0 Å². The number of nitrogens with one attached hydrogen (secondary N) is 1.